The Balaban J connectivity index is 2.59. The summed E-state index contributed by atoms with van der Waals surface area (Å²) in [6.07, 6.45) is 1.42. The topological polar surface area (TPSA) is 44.8 Å². The molecule has 0 amide bonds. The van der Waals surface area contributed by atoms with Crippen molar-refractivity contribution in [3.8, 4) is 0 Å². The first-order chi connectivity index (χ1) is 6.59. The minimum atomic E-state index is -1.16. The molecule has 4 heteroatoms. The van der Waals surface area contributed by atoms with E-state index in [9.17, 15) is 4.79 Å². The summed E-state index contributed by atoms with van der Waals surface area (Å²) in [5, 5.41) is 0. The van der Waals surface area contributed by atoms with E-state index in [1.807, 2.05) is 6.92 Å². The van der Waals surface area contributed by atoms with Gasteiger partial charge in [-0.3, -0.25) is 0 Å². The van der Waals surface area contributed by atoms with Gasteiger partial charge in [-0.25, -0.2) is 4.79 Å². The van der Waals surface area contributed by atoms with E-state index in [-0.39, 0.29) is 0 Å². The Kier molecular flexibility index (Phi) is 3.66. The lowest BCUT2D eigenvalue weighted by Crippen LogP contribution is -2.37. The number of carbonyl (C=O) groups is 1. The summed E-state index contributed by atoms with van der Waals surface area (Å²) in [6.45, 7) is 7.94. The van der Waals surface area contributed by atoms with E-state index in [1.165, 1.54) is 0 Å². The van der Waals surface area contributed by atoms with Crippen LogP contribution in [0.2, 0.25) is 0 Å². The van der Waals surface area contributed by atoms with Crippen molar-refractivity contribution in [2.45, 2.75) is 32.7 Å². The summed E-state index contributed by atoms with van der Waals surface area (Å²) in [5.41, 5.74) is 0.347. The van der Waals surface area contributed by atoms with Gasteiger partial charge in [-0.2, -0.15) is 0 Å². The number of ether oxygens (including phenoxy) is 3. The van der Waals surface area contributed by atoms with Crippen LogP contribution in [0.15, 0.2) is 12.2 Å². The molecule has 1 saturated heterocycles. The molecule has 1 atom stereocenters. The lowest BCUT2D eigenvalue weighted by atomic mass is 10.3. The Bertz CT molecular complexity index is 228. The van der Waals surface area contributed by atoms with Crippen molar-refractivity contribution in [1.82, 2.24) is 0 Å². The van der Waals surface area contributed by atoms with Crippen molar-refractivity contribution >= 4 is 5.97 Å². The number of carbonyl (C=O) groups excluding carboxylic acids is 1. The van der Waals surface area contributed by atoms with Crippen molar-refractivity contribution in [1.29, 1.82) is 0 Å². The molecule has 0 spiro atoms. The van der Waals surface area contributed by atoms with Gasteiger partial charge in [-0.15, -0.1) is 0 Å². The van der Waals surface area contributed by atoms with Crippen molar-refractivity contribution in [3.05, 3.63) is 12.2 Å². The smallest absolute Gasteiger partial charge is 0.337 e. The molecule has 0 saturated carbocycles. The molecular weight excluding hydrogens is 184 g/mol. The first kappa shape index (κ1) is 11.2. The van der Waals surface area contributed by atoms with Gasteiger partial charge in [-0.1, -0.05) is 6.58 Å². The molecule has 4 nitrogen and oxygen atoms in total. The Morgan fingerprint density at radius 1 is 1.64 bits per heavy atom. The molecule has 0 aromatic heterocycles. The molecule has 1 fully saturated rings. The summed E-state index contributed by atoms with van der Waals surface area (Å²) in [4.78, 5) is 11.3. The standard InChI is InChI=1S/C10H16O4/c1-4-12-10(6-5-7-13-10)14-9(11)8(2)3/h2,4-7H2,1,3H3. The van der Waals surface area contributed by atoms with Gasteiger partial charge < -0.3 is 14.2 Å². The Morgan fingerprint density at radius 3 is 2.79 bits per heavy atom. The van der Waals surface area contributed by atoms with Gasteiger partial charge in [0.1, 0.15) is 0 Å². The molecule has 0 bridgehead atoms. The molecule has 1 aliphatic rings. The number of hydrogen-bond acceptors (Lipinski definition) is 4. The highest BCUT2D eigenvalue weighted by molar-refractivity contribution is 5.87. The van der Waals surface area contributed by atoms with Gasteiger partial charge in [0, 0.05) is 12.0 Å². The van der Waals surface area contributed by atoms with Gasteiger partial charge in [0.05, 0.1) is 13.2 Å². The Morgan fingerprint density at radius 2 is 2.36 bits per heavy atom. The fraction of sp³-hybridized carbons (Fsp3) is 0.700. The summed E-state index contributed by atoms with van der Waals surface area (Å²) in [7, 11) is 0. The molecule has 0 N–H and O–H groups in total. The molecule has 0 aliphatic carbocycles. The van der Waals surface area contributed by atoms with E-state index in [4.69, 9.17) is 14.2 Å². The molecular formula is C10H16O4. The second-order valence-corrected chi connectivity index (χ2v) is 3.24. The summed E-state index contributed by atoms with van der Waals surface area (Å²) in [6, 6.07) is 0. The summed E-state index contributed by atoms with van der Waals surface area (Å²) in [5.74, 6) is -1.63. The largest absolute Gasteiger partial charge is 0.404 e. The average molecular weight is 200 g/mol. The minimum Gasteiger partial charge on any atom is -0.404 e. The predicted octanol–water partition coefficient (Wildman–Crippen LogP) is 1.61. The van der Waals surface area contributed by atoms with Crippen LogP contribution in [-0.2, 0) is 19.0 Å². The fourth-order valence-electron chi connectivity index (χ4n) is 1.26. The average Bonchev–Trinajstić information content (AvgIpc) is 2.54. The number of esters is 1. The van der Waals surface area contributed by atoms with Gasteiger partial charge in [0.2, 0.25) is 0 Å². The van der Waals surface area contributed by atoms with Crippen LogP contribution in [-0.4, -0.2) is 25.2 Å². The Hall–Kier alpha value is -0.870. The third-order valence-electron chi connectivity index (χ3n) is 1.91. The van der Waals surface area contributed by atoms with Gasteiger partial charge in [-0.05, 0) is 20.3 Å². The predicted molar refractivity (Wildman–Crippen MR) is 50.4 cm³/mol. The second-order valence-electron chi connectivity index (χ2n) is 3.24. The zero-order valence-electron chi connectivity index (χ0n) is 8.67. The van der Waals surface area contributed by atoms with Crippen LogP contribution in [0.3, 0.4) is 0 Å². The van der Waals surface area contributed by atoms with Gasteiger partial charge >= 0.3 is 11.9 Å². The van der Waals surface area contributed by atoms with Crippen LogP contribution < -0.4 is 0 Å². The summed E-state index contributed by atoms with van der Waals surface area (Å²) >= 11 is 0. The molecule has 1 aliphatic heterocycles. The first-order valence-electron chi connectivity index (χ1n) is 4.76. The molecule has 0 radical (unpaired) electrons. The zero-order chi connectivity index (χ0) is 10.6. The quantitative estimate of drug-likeness (QED) is 0.393. The van der Waals surface area contributed by atoms with Crippen LogP contribution in [0.4, 0.5) is 0 Å². The van der Waals surface area contributed by atoms with E-state index in [2.05, 4.69) is 6.58 Å². The van der Waals surface area contributed by atoms with Crippen molar-refractivity contribution in [3.63, 3.8) is 0 Å². The van der Waals surface area contributed by atoms with Gasteiger partial charge in [0.15, 0.2) is 0 Å². The van der Waals surface area contributed by atoms with Crippen molar-refractivity contribution in [2.75, 3.05) is 13.2 Å². The van der Waals surface area contributed by atoms with Crippen LogP contribution in [0.5, 0.6) is 0 Å². The fourth-order valence-corrected chi connectivity index (χ4v) is 1.26. The normalized spacial score (nSPS) is 26.1. The Labute approximate surface area is 83.8 Å². The van der Waals surface area contributed by atoms with Crippen LogP contribution in [0.25, 0.3) is 0 Å². The first-order valence-corrected chi connectivity index (χ1v) is 4.76. The van der Waals surface area contributed by atoms with Crippen LogP contribution in [0.1, 0.15) is 26.7 Å². The van der Waals surface area contributed by atoms with E-state index in [1.54, 1.807) is 6.92 Å². The highest BCUT2D eigenvalue weighted by atomic mass is 16.9. The molecule has 0 aromatic rings. The maximum atomic E-state index is 11.3. The number of hydrogen-bond donors (Lipinski definition) is 0. The summed E-state index contributed by atoms with van der Waals surface area (Å²) < 4.78 is 15.7. The monoisotopic (exact) mass is 200 g/mol. The van der Waals surface area contributed by atoms with E-state index >= 15 is 0 Å². The van der Waals surface area contributed by atoms with Crippen LogP contribution >= 0.6 is 0 Å². The van der Waals surface area contributed by atoms with Crippen molar-refractivity contribution in [2.24, 2.45) is 0 Å². The molecule has 1 rings (SSSR count). The number of rotatable bonds is 4. The highest BCUT2D eigenvalue weighted by Gasteiger charge is 2.40. The maximum absolute atomic E-state index is 11.3. The zero-order valence-corrected chi connectivity index (χ0v) is 8.67. The third kappa shape index (κ3) is 2.56. The maximum Gasteiger partial charge on any atom is 0.337 e. The SMILES string of the molecule is C=C(C)C(=O)OC1(OCC)CCCO1. The van der Waals surface area contributed by atoms with Gasteiger partial charge in [0.25, 0.3) is 0 Å². The van der Waals surface area contributed by atoms with E-state index in [0.29, 0.717) is 25.2 Å². The lowest BCUT2D eigenvalue weighted by molar-refractivity contribution is -0.340. The molecule has 0 aromatic carbocycles. The molecule has 80 valence electrons. The molecule has 14 heavy (non-hydrogen) atoms. The molecule has 1 unspecified atom stereocenters. The molecule has 1 heterocycles. The van der Waals surface area contributed by atoms with E-state index < -0.39 is 11.9 Å². The lowest BCUT2D eigenvalue weighted by Gasteiger charge is -2.26. The highest BCUT2D eigenvalue weighted by Crippen LogP contribution is 2.29. The van der Waals surface area contributed by atoms with E-state index in [0.717, 1.165) is 6.42 Å². The van der Waals surface area contributed by atoms with Crippen molar-refractivity contribution < 1.29 is 19.0 Å². The van der Waals surface area contributed by atoms with Crippen LogP contribution in [0, 0.1) is 0 Å². The second kappa shape index (κ2) is 4.57. The minimum absolute atomic E-state index is 0.347. The third-order valence-corrected chi connectivity index (χ3v) is 1.91.